The Morgan fingerprint density at radius 2 is 1.81 bits per heavy atom. The van der Waals surface area contributed by atoms with Crippen molar-refractivity contribution in [2.45, 2.75) is 56.5 Å². The van der Waals surface area contributed by atoms with Gasteiger partial charge in [-0.25, -0.2) is 0 Å². The fraction of sp³-hybridized carbons (Fsp3) is 0.684. The molecule has 2 heteroatoms. The Hall–Kier alpha value is -0.860. The van der Waals surface area contributed by atoms with Gasteiger partial charge in [0.05, 0.1) is 0 Å². The Morgan fingerprint density at radius 3 is 2.48 bits per heavy atom. The summed E-state index contributed by atoms with van der Waals surface area (Å²) in [5, 5.41) is 3.45. The molecule has 1 N–H and O–H groups in total. The summed E-state index contributed by atoms with van der Waals surface area (Å²) in [5.41, 5.74) is 3.32. The quantitative estimate of drug-likeness (QED) is 0.887. The van der Waals surface area contributed by atoms with Crippen molar-refractivity contribution in [2.24, 2.45) is 5.92 Å². The standard InChI is InChI=1S/C19H28N2/c1-20-13-15-5-4-12-21(16-10-11-16)19(15)18-7-3-2-6-17(18)14-8-9-14/h2-3,6-7,14-16,19-20H,4-5,8-13H2,1H3. The van der Waals surface area contributed by atoms with Crippen molar-refractivity contribution in [2.75, 3.05) is 20.1 Å². The maximum atomic E-state index is 3.45. The zero-order chi connectivity index (χ0) is 14.2. The monoisotopic (exact) mass is 284 g/mol. The van der Waals surface area contributed by atoms with Gasteiger partial charge in [0.25, 0.3) is 0 Å². The SMILES string of the molecule is CNCC1CCCN(C2CC2)C1c1ccccc1C1CC1. The molecule has 21 heavy (non-hydrogen) atoms. The van der Waals surface area contributed by atoms with E-state index in [0.29, 0.717) is 6.04 Å². The average Bonchev–Trinajstić information content (AvgIpc) is 3.41. The number of hydrogen-bond donors (Lipinski definition) is 1. The van der Waals surface area contributed by atoms with Crippen LogP contribution in [-0.4, -0.2) is 31.1 Å². The molecule has 1 aromatic rings. The molecule has 0 spiro atoms. The van der Waals surface area contributed by atoms with E-state index in [-0.39, 0.29) is 0 Å². The topological polar surface area (TPSA) is 15.3 Å². The Kier molecular flexibility index (Phi) is 3.76. The molecular weight excluding hydrogens is 256 g/mol. The van der Waals surface area contributed by atoms with Gasteiger partial charge in [-0.3, -0.25) is 4.90 Å². The molecule has 2 saturated carbocycles. The van der Waals surface area contributed by atoms with Crippen LogP contribution in [0.15, 0.2) is 24.3 Å². The van der Waals surface area contributed by atoms with Gasteiger partial charge in [0.2, 0.25) is 0 Å². The van der Waals surface area contributed by atoms with Gasteiger partial charge in [-0.2, -0.15) is 0 Å². The van der Waals surface area contributed by atoms with Crippen LogP contribution in [0.3, 0.4) is 0 Å². The molecule has 1 heterocycles. The summed E-state index contributed by atoms with van der Waals surface area (Å²) in [5.74, 6) is 1.64. The Morgan fingerprint density at radius 1 is 1.05 bits per heavy atom. The minimum Gasteiger partial charge on any atom is -0.319 e. The van der Waals surface area contributed by atoms with Gasteiger partial charge in [-0.05, 0) is 81.6 Å². The van der Waals surface area contributed by atoms with E-state index in [2.05, 4.69) is 41.5 Å². The highest BCUT2D eigenvalue weighted by atomic mass is 15.2. The largest absolute Gasteiger partial charge is 0.319 e. The molecule has 4 rings (SSSR count). The van der Waals surface area contributed by atoms with Gasteiger partial charge in [0, 0.05) is 12.1 Å². The third-order valence-electron chi connectivity index (χ3n) is 5.61. The zero-order valence-corrected chi connectivity index (χ0v) is 13.2. The fourth-order valence-corrected chi connectivity index (χ4v) is 4.37. The average molecular weight is 284 g/mol. The van der Waals surface area contributed by atoms with E-state index in [9.17, 15) is 0 Å². The molecule has 0 bridgehead atoms. The predicted molar refractivity (Wildman–Crippen MR) is 87.5 cm³/mol. The van der Waals surface area contributed by atoms with E-state index >= 15 is 0 Å². The van der Waals surface area contributed by atoms with Crippen molar-refractivity contribution in [1.82, 2.24) is 10.2 Å². The second-order valence-electron chi connectivity index (χ2n) is 7.28. The molecule has 0 radical (unpaired) electrons. The number of nitrogens with one attached hydrogen (secondary N) is 1. The maximum Gasteiger partial charge on any atom is 0.0394 e. The third kappa shape index (κ3) is 2.76. The van der Waals surface area contributed by atoms with Crippen LogP contribution < -0.4 is 5.32 Å². The zero-order valence-electron chi connectivity index (χ0n) is 13.2. The molecule has 3 fully saturated rings. The molecular formula is C19H28N2. The summed E-state index contributed by atoms with van der Waals surface area (Å²) in [6, 6.07) is 10.9. The van der Waals surface area contributed by atoms with Gasteiger partial charge >= 0.3 is 0 Å². The van der Waals surface area contributed by atoms with Crippen molar-refractivity contribution in [3.63, 3.8) is 0 Å². The first kappa shape index (κ1) is 13.8. The first-order valence-electron chi connectivity index (χ1n) is 8.87. The summed E-state index contributed by atoms with van der Waals surface area (Å²) >= 11 is 0. The smallest absolute Gasteiger partial charge is 0.0394 e. The molecule has 2 nitrogen and oxygen atoms in total. The Labute approximate surface area is 128 Å². The molecule has 2 aliphatic carbocycles. The van der Waals surface area contributed by atoms with Crippen molar-refractivity contribution >= 4 is 0 Å². The van der Waals surface area contributed by atoms with Crippen LogP contribution in [0.4, 0.5) is 0 Å². The molecule has 1 aromatic carbocycles. The summed E-state index contributed by atoms with van der Waals surface area (Å²) < 4.78 is 0. The molecule has 1 aliphatic heterocycles. The van der Waals surface area contributed by atoms with Gasteiger partial charge in [-0.1, -0.05) is 24.3 Å². The lowest BCUT2D eigenvalue weighted by atomic mass is 9.81. The fourth-order valence-electron chi connectivity index (χ4n) is 4.37. The van der Waals surface area contributed by atoms with Gasteiger partial charge in [-0.15, -0.1) is 0 Å². The van der Waals surface area contributed by atoms with Gasteiger partial charge < -0.3 is 5.32 Å². The molecule has 1 saturated heterocycles. The van der Waals surface area contributed by atoms with Crippen molar-refractivity contribution in [3.8, 4) is 0 Å². The molecule has 0 amide bonds. The highest BCUT2D eigenvalue weighted by molar-refractivity contribution is 5.36. The van der Waals surface area contributed by atoms with Crippen molar-refractivity contribution in [3.05, 3.63) is 35.4 Å². The first-order valence-corrected chi connectivity index (χ1v) is 8.87. The van der Waals surface area contributed by atoms with E-state index < -0.39 is 0 Å². The van der Waals surface area contributed by atoms with Crippen molar-refractivity contribution in [1.29, 1.82) is 0 Å². The van der Waals surface area contributed by atoms with Crippen molar-refractivity contribution < 1.29 is 0 Å². The number of piperidine rings is 1. The Bertz CT molecular complexity index is 488. The lowest BCUT2D eigenvalue weighted by molar-refractivity contribution is 0.0839. The van der Waals surface area contributed by atoms with Crippen LogP contribution in [0.5, 0.6) is 0 Å². The lowest BCUT2D eigenvalue weighted by Crippen LogP contribution is -2.43. The highest BCUT2D eigenvalue weighted by Crippen LogP contribution is 2.48. The summed E-state index contributed by atoms with van der Waals surface area (Å²) in [4.78, 5) is 2.85. The summed E-state index contributed by atoms with van der Waals surface area (Å²) in [6.07, 6.45) is 8.43. The number of hydrogen-bond acceptors (Lipinski definition) is 2. The Balaban J connectivity index is 1.69. The maximum absolute atomic E-state index is 3.45. The van der Waals surface area contributed by atoms with Crippen LogP contribution in [-0.2, 0) is 0 Å². The van der Waals surface area contributed by atoms with Gasteiger partial charge in [0.1, 0.15) is 0 Å². The molecule has 2 unspecified atom stereocenters. The molecule has 114 valence electrons. The minimum atomic E-state index is 0.662. The second kappa shape index (κ2) is 5.73. The van der Waals surface area contributed by atoms with Crippen LogP contribution in [0.25, 0.3) is 0 Å². The van der Waals surface area contributed by atoms with E-state index in [4.69, 9.17) is 0 Å². The molecule has 2 atom stereocenters. The minimum absolute atomic E-state index is 0.662. The van der Waals surface area contributed by atoms with Crippen LogP contribution >= 0.6 is 0 Å². The molecule has 0 aromatic heterocycles. The third-order valence-corrected chi connectivity index (χ3v) is 5.61. The summed E-state index contributed by atoms with van der Waals surface area (Å²) in [6.45, 7) is 2.47. The van der Waals surface area contributed by atoms with E-state index in [1.54, 1.807) is 11.1 Å². The van der Waals surface area contributed by atoms with E-state index in [1.165, 1.54) is 45.1 Å². The number of benzene rings is 1. The first-order chi connectivity index (χ1) is 10.4. The summed E-state index contributed by atoms with van der Waals surface area (Å²) in [7, 11) is 2.11. The number of likely N-dealkylation sites (tertiary alicyclic amines) is 1. The van der Waals surface area contributed by atoms with Crippen LogP contribution in [0.2, 0.25) is 0 Å². The van der Waals surface area contributed by atoms with E-state index in [1.807, 2.05) is 0 Å². The predicted octanol–water partition coefficient (Wildman–Crippen LogP) is 3.70. The van der Waals surface area contributed by atoms with E-state index in [0.717, 1.165) is 24.4 Å². The van der Waals surface area contributed by atoms with Crippen LogP contribution in [0.1, 0.15) is 61.6 Å². The second-order valence-corrected chi connectivity index (χ2v) is 7.28. The van der Waals surface area contributed by atoms with Gasteiger partial charge in [0.15, 0.2) is 0 Å². The molecule has 3 aliphatic rings. The van der Waals surface area contributed by atoms with Crippen LogP contribution in [0, 0.1) is 5.92 Å². The number of rotatable bonds is 5. The highest BCUT2D eigenvalue weighted by Gasteiger charge is 2.41. The normalized spacial score (nSPS) is 30.5. The number of nitrogens with zero attached hydrogens (tertiary/aromatic N) is 1. The lowest BCUT2D eigenvalue weighted by Gasteiger charge is -2.43.